The Bertz CT molecular complexity index is 2590. The van der Waals surface area contributed by atoms with E-state index in [-0.39, 0.29) is 44.2 Å². The molecule has 1 aliphatic carbocycles. The average Bonchev–Trinajstić information content (AvgIpc) is 3.60. The number of rotatable bonds is 13. The van der Waals surface area contributed by atoms with Crippen molar-refractivity contribution in [2.75, 3.05) is 36.9 Å². The molecule has 5 N–H and O–H groups in total. The van der Waals surface area contributed by atoms with Crippen molar-refractivity contribution >= 4 is 57.0 Å². The number of nitrogens with one attached hydrogen (secondary N) is 4. The quantitative estimate of drug-likeness (QED) is 0.101. The molecule has 2 aliphatic heterocycles. The number of hydrogen-bond acceptors (Lipinski definition) is 12. The second-order valence-corrected chi connectivity index (χ2v) is 18.7. The molecule has 4 aromatic heterocycles. The van der Waals surface area contributed by atoms with Crippen molar-refractivity contribution in [2.45, 2.75) is 95.2 Å². The monoisotopic (exact) mass is 890 g/mol. The van der Waals surface area contributed by atoms with Crippen LogP contribution in [0.3, 0.4) is 0 Å². The highest BCUT2D eigenvalue weighted by molar-refractivity contribution is 7.18. The van der Waals surface area contributed by atoms with Gasteiger partial charge in [0.25, 0.3) is 5.91 Å². The van der Waals surface area contributed by atoms with Gasteiger partial charge in [-0.1, -0.05) is 62.4 Å². The molecule has 0 spiro atoms. The molecule has 3 fully saturated rings. The zero-order valence-corrected chi connectivity index (χ0v) is 36.9. The molecule has 1 saturated carbocycles. The van der Waals surface area contributed by atoms with Gasteiger partial charge in [-0.05, 0) is 60.9 Å². The number of amides is 4. The zero-order valence-electron chi connectivity index (χ0n) is 36.0. The number of aliphatic hydroxyl groups is 1. The van der Waals surface area contributed by atoms with Crippen molar-refractivity contribution in [2.24, 2.45) is 5.41 Å². The van der Waals surface area contributed by atoms with E-state index in [1.807, 2.05) is 55.6 Å². The van der Waals surface area contributed by atoms with E-state index in [1.54, 1.807) is 37.5 Å². The van der Waals surface area contributed by atoms with E-state index >= 15 is 0 Å². The highest BCUT2D eigenvalue weighted by Crippen LogP contribution is 2.41. The van der Waals surface area contributed by atoms with E-state index in [0.717, 1.165) is 27.6 Å². The van der Waals surface area contributed by atoms with Gasteiger partial charge in [0.2, 0.25) is 28.5 Å². The maximum atomic E-state index is 14.7. The second-order valence-electron chi connectivity index (χ2n) is 17.8. The third-order valence-corrected chi connectivity index (χ3v) is 13.1. The average molecular weight is 891 g/mol. The van der Waals surface area contributed by atoms with E-state index in [0.29, 0.717) is 47.9 Å². The van der Waals surface area contributed by atoms with Crippen molar-refractivity contribution in [3.63, 3.8) is 0 Å². The predicted octanol–water partition coefficient (Wildman–Crippen LogP) is 4.83. The molecule has 19 heteroatoms. The third-order valence-electron chi connectivity index (χ3n) is 12.1. The van der Waals surface area contributed by atoms with Crippen LogP contribution in [0.25, 0.3) is 32.3 Å². The van der Waals surface area contributed by atoms with Gasteiger partial charge in [-0.3, -0.25) is 24.2 Å². The number of aromatic nitrogens is 5. The summed E-state index contributed by atoms with van der Waals surface area (Å²) in [5.74, 6) is -2.24. The Morgan fingerprint density at radius 2 is 1.78 bits per heavy atom. The van der Waals surface area contributed by atoms with Crippen molar-refractivity contribution in [1.29, 1.82) is 0 Å². The van der Waals surface area contributed by atoms with Crippen LogP contribution in [-0.4, -0.2) is 115 Å². The SMILES string of the molecule is [C-]#[N+]c1cnn2c(-c3cc(NC)c(-c4nnc(N5CCC(NC(=O)C[C@H](NC(=O)[C@@H]6C[C@@H](O)CN6C(=O)[C@@H](NC(=O)C6(F)CC6)C(C)(C)C)c6ccccc6)CC5)s4)cn3)ccc2c1. The number of carbonyl (C=O) groups excluding carboxylic acids is 4. The zero-order chi connectivity index (χ0) is 45.3. The van der Waals surface area contributed by atoms with Crippen LogP contribution in [0.4, 0.5) is 20.9 Å². The summed E-state index contributed by atoms with van der Waals surface area (Å²) < 4.78 is 16.4. The van der Waals surface area contributed by atoms with Crippen LogP contribution in [0, 0.1) is 12.0 Å². The van der Waals surface area contributed by atoms with Crippen molar-refractivity contribution in [3.8, 4) is 22.0 Å². The summed E-state index contributed by atoms with van der Waals surface area (Å²) in [6.07, 6.45) is 3.69. The van der Waals surface area contributed by atoms with Gasteiger partial charge in [-0.2, -0.15) is 5.10 Å². The number of benzene rings is 1. The maximum Gasteiger partial charge on any atom is 0.258 e. The Hall–Kier alpha value is -6.52. The van der Waals surface area contributed by atoms with Gasteiger partial charge in [0, 0.05) is 51.0 Å². The summed E-state index contributed by atoms with van der Waals surface area (Å²) >= 11 is 1.46. The summed E-state index contributed by atoms with van der Waals surface area (Å²) in [5.41, 5.74) is 2.25. The maximum absolute atomic E-state index is 14.7. The first kappa shape index (κ1) is 44.1. The lowest BCUT2D eigenvalue weighted by molar-refractivity contribution is -0.145. The normalized spacial score (nSPS) is 19.4. The summed E-state index contributed by atoms with van der Waals surface area (Å²) in [6, 6.07) is 13.5. The molecule has 17 nitrogen and oxygen atoms in total. The fourth-order valence-electron chi connectivity index (χ4n) is 8.28. The van der Waals surface area contributed by atoms with E-state index < -0.39 is 53.0 Å². The smallest absolute Gasteiger partial charge is 0.258 e. The summed E-state index contributed by atoms with van der Waals surface area (Å²) in [5, 5.41) is 37.6. The number of pyridine rings is 1. The van der Waals surface area contributed by atoms with Crippen LogP contribution >= 0.6 is 11.3 Å². The Morgan fingerprint density at radius 3 is 2.47 bits per heavy atom. The molecule has 0 radical (unpaired) electrons. The highest BCUT2D eigenvalue weighted by atomic mass is 32.1. The summed E-state index contributed by atoms with van der Waals surface area (Å²) in [6.45, 7) is 13.6. The molecule has 0 unspecified atom stereocenters. The van der Waals surface area contributed by atoms with Gasteiger partial charge < -0.3 is 36.2 Å². The number of halogens is 1. The van der Waals surface area contributed by atoms with Crippen LogP contribution < -0.4 is 26.2 Å². The number of alkyl halides is 1. The Morgan fingerprint density at radius 1 is 1.03 bits per heavy atom. The fourth-order valence-corrected chi connectivity index (χ4v) is 9.20. The first-order valence-electron chi connectivity index (χ1n) is 21.4. The van der Waals surface area contributed by atoms with Gasteiger partial charge >= 0.3 is 0 Å². The molecule has 2 saturated heterocycles. The van der Waals surface area contributed by atoms with Crippen molar-refractivity contribution < 1.29 is 28.7 Å². The Labute approximate surface area is 373 Å². The third kappa shape index (κ3) is 9.38. The molecule has 334 valence electrons. The van der Waals surface area contributed by atoms with E-state index in [4.69, 9.17) is 11.6 Å². The van der Waals surface area contributed by atoms with Crippen molar-refractivity contribution in [1.82, 2.24) is 45.6 Å². The van der Waals surface area contributed by atoms with Crippen LogP contribution in [-0.2, 0) is 19.2 Å². The number of hydrogen-bond donors (Lipinski definition) is 5. The number of likely N-dealkylation sites (tertiary alicyclic amines) is 1. The fraction of sp³-hybridized carbons (Fsp3) is 0.444. The predicted molar refractivity (Wildman–Crippen MR) is 239 cm³/mol. The Balaban J connectivity index is 0.884. The molecule has 5 aromatic rings. The molecular formula is C45H51FN12O5S. The van der Waals surface area contributed by atoms with E-state index in [2.05, 4.69) is 46.3 Å². The molecule has 64 heavy (non-hydrogen) atoms. The number of piperidine rings is 1. The molecule has 3 aliphatic rings. The minimum atomic E-state index is -1.99. The number of β-amino-alcohol motifs (C(OH)–C–C–N with tert-alkyl or cyclic N) is 1. The standard InChI is InChI=1S/C45H51FN12O5S/c1-44(2,3)38(53-42(63)45(46)15-16-45)41(62)57-25-30(59)20-36(57)39(61)52-32(26-9-7-6-8-10-26)22-37(60)51-27-13-17-56(18-14-27)43-55-54-40(64-43)31-24-49-34(21-33(31)48-5)35-12-11-29-19-28(47-4)23-50-58(29)35/h6-12,19,21,23-24,27,30,32,36,38,59H,13-18,20,22,25H2,1-3,5H3,(H,48,49)(H,51,60)(H,52,61)(H,53,63)/t30-,32+,36+,38-/m1/s1. The number of fused-ring (bicyclic) bond motifs is 1. The van der Waals surface area contributed by atoms with Crippen molar-refractivity contribution in [3.05, 3.63) is 84.0 Å². The summed E-state index contributed by atoms with van der Waals surface area (Å²) in [4.78, 5) is 66.0. The number of nitrogens with zero attached hydrogens (tertiary/aromatic N) is 8. The lowest BCUT2D eigenvalue weighted by Gasteiger charge is -2.36. The van der Waals surface area contributed by atoms with Gasteiger partial charge in [0.05, 0.1) is 53.8 Å². The number of anilines is 2. The highest BCUT2D eigenvalue weighted by Gasteiger charge is 2.53. The number of aliphatic hydroxyl groups excluding tert-OH is 1. The second kappa shape index (κ2) is 17.9. The van der Waals surface area contributed by atoms with E-state index in [9.17, 15) is 28.7 Å². The van der Waals surface area contributed by atoms with Gasteiger partial charge in [0.15, 0.2) is 10.7 Å². The molecular weight excluding hydrogens is 840 g/mol. The topological polar surface area (TPSA) is 203 Å². The van der Waals surface area contributed by atoms with Crippen LogP contribution in [0.1, 0.15) is 70.9 Å². The van der Waals surface area contributed by atoms with Gasteiger partial charge in [-0.15, -0.1) is 10.2 Å². The van der Waals surface area contributed by atoms with Gasteiger partial charge in [0.1, 0.15) is 12.1 Å². The molecule has 6 heterocycles. The first-order valence-corrected chi connectivity index (χ1v) is 22.2. The lowest BCUT2D eigenvalue weighted by Crippen LogP contribution is -2.59. The lowest BCUT2D eigenvalue weighted by atomic mass is 9.85. The van der Waals surface area contributed by atoms with Crippen LogP contribution in [0.2, 0.25) is 0 Å². The van der Waals surface area contributed by atoms with E-state index in [1.165, 1.54) is 22.4 Å². The minimum absolute atomic E-state index is 0.0331. The van der Waals surface area contributed by atoms with Gasteiger partial charge in [-0.25, -0.2) is 13.8 Å². The van der Waals surface area contributed by atoms with Crippen LogP contribution in [0.5, 0.6) is 0 Å². The summed E-state index contributed by atoms with van der Waals surface area (Å²) in [7, 11) is 1.83. The minimum Gasteiger partial charge on any atom is -0.391 e. The molecule has 4 atom stereocenters. The molecule has 8 rings (SSSR count). The van der Waals surface area contributed by atoms with Crippen LogP contribution in [0.15, 0.2) is 67.0 Å². The Kier molecular flexibility index (Phi) is 12.4. The first-order chi connectivity index (χ1) is 30.6. The molecule has 0 bridgehead atoms. The molecule has 4 amide bonds. The molecule has 1 aromatic carbocycles. The largest absolute Gasteiger partial charge is 0.391 e. The number of carbonyl (C=O) groups is 4.